The zero-order valence-corrected chi connectivity index (χ0v) is 17.3. The third-order valence-electron chi connectivity index (χ3n) is 5.74. The highest BCUT2D eigenvalue weighted by Gasteiger charge is 2.39. The molecular formula is C28H22O4. The molecule has 0 bridgehead atoms. The minimum Gasteiger partial charge on any atom is -0.479 e. The number of ether oxygens (including phenoxy) is 1. The Bertz CT molecular complexity index is 1240. The molecule has 1 N–H and O–H groups in total. The number of carboxylic acid groups (broad SMARTS) is 1. The van der Waals surface area contributed by atoms with Crippen LogP contribution in [0.4, 0.5) is 0 Å². The third kappa shape index (κ3) is 3.77. The SMILES string of the molecule is O=C(O)C(OC1(c2cc3ccccc3o2)C=CC(c2ccccc2)C=C1)c1ccccc1. The Hall–Kier alpha value is -3.89. The summed E-state index contributed by atoms with van der Waals surface area (Å²) in [6, 6.07) is 28.7. The summed E-state index contributed by atoms with van der Waals surface area (Å²) >= 11 is 0. The van der Waals surface area contributed by atoms with Gasteiger partial charge in [-0.2, -0.15) is 0 Å². The molecule has 1 atom stereocenters. The van der Waals surface area contributed by atoms with E-state index in [0.29, 0.717) is 11.3 Å². The molecule has 0 aliphatic heterocycles. The van der Waals surface area contributed by atoms with E-state index in [1.165, 1.54) is 0 Å². The number of carboxylic acids is 1. The van der Waals surface area contributed by atoms with Crippen LogP contribution in [0.2, 0.25) is 0 Å². The highest BCUT2D eigenvalue weighted by atomic mass is 16.5. The second kappa shape index (κ2) is 8.33. The molecule has 0 amide bonds. The van der Waals surface area contributed by atoms with Gasteiger partial charge >= 0.3 is 5.97 Å². The Morgan fingerprint density at radius 1 is 0.875 bits per heavy atom. The second-order valence-corrected chi connectivity index (χ2v) is 7.84. The maximum Gasteiger partial charge on any atom is 0.337 e. The maximum absolute atomic E-state index is 12.2. The number of benzene rings is 3. The van der Waals surface area contributed by atoms with Crippen LogP contribution >= 0.6 is 0 Å². The van der Waals surface area contributed by atoms with E-state index in [9.17, 15) is 9.90 Å². The molecule has 0 radical (unpaired) electrons. The predicted octanol–water partition coefficient (Wildman–Crippen LogP) is 6.38. The first-order chi connectivity index (χ1) is 15.6. The monoisotopic (exact) mass is 422 g/mol. The number of rotatable bonds is 6. The lowest BCUT2D eigenvalue weighted by Gasteiger charge is -2.32. The van der Waals surface area contributed by atoms with E-state index in [2.05, 4.69) is 12.1 Å². The fourth-order valence-electron chi connectivity index (χ4n) is 4.07. The van der Waals surface area contributed by atoms with Gasteiger partial charge in [-0.15, -0.1) is 0 Å². The standard InChI is InChI=1S/C28H22O4/c29-27(30)26(22-11-5-2-6-12-22)32-28(25-19-23-13-7-8-14-24(23)31-25)17-15-21(16-18-28)20-9-3-1-4-10-20/h1-19,21,26H,(H,29,30). The highest BCUT2D eigenvalue weighted by Crippen LogP contribution is 2.41. The second-order valence-electron chi connectivity index (χ2n) is 7.84. The summed E-state index contributed by atoms with van der Waals surface area (Å²) in [4.78, 5) is 12.2. The van der Waals surface area contributed by atoms with E-state index in [1.807, 2.05) is 78.9 Å². The van der Waals surface area contributed by atoms with Crippen molar-refractivity contribution < 1.29 is 19.1 Å². The first kappa shape index (κ1) is 20.0. The number of para-hydroxylation sites is 1. The van der Waals surface area contributed by atoms with Gasteiger partial charge in [0, 0.05) is 11.3 Å². The summed E-state index contributed by atoms with van der Waals surface area (Å²) in [5, 5.41) is 10.9. The molecule has 158 valence electrons. The molecule has 1 heterocycles. The van der Waals surface area contributed by atoms with E-state index in [1.54, 1.807) is 24.3 Å². The Morgan fingerprint density at radius 3 is 2.16 bits per heavy atom. The van der Waals surface area contributed by atoms with Gasteiger partial charge in [0.2, 0.25) is 0 Å². The lowest BCUT2D eigenvalue weighted by atomic mass is 9.86. The molecular weight excluding hydrogens is 400 g/mol. The van der Waals surface area contributed by atoms with Crippen LogP contribution in [0.5, 0.6) is 0 Å². The first-order valence-electron chi connectivity index (χ1n) is 10.5. The van der Waals surface area contributed by atoms with Gasteiger partial charge in [-0.3, -0.25) is 0 Å². The van der Waals surface area contributed by atoms with Gasteiger partial charge in [0.15, 0.2) is 11.7 Å². The minimum atomic E-state index is -1.16. The van der Waals surface area contributed by atoms with E-state index in [4.69, 9.17) is 9.15 Å². The van der Waals surface area contributed by atoms with Crippen LogP contribution in [0, 0.1) is 0 Å². The lowest BCUT2D eigenvalue weighted by molar-refractivity contribution is -0.159. The number of hydrogen-bond donors (Lipinski definition) is 1. The normalized spacial score (nSPS) is 20.9. The summed E-state index contributed by atoms with van der Waals surface area (Å²) < 4.78 is 12.5. The Morgan fingerprint density at radius 2 is 1.50 bits per heavy atom. The average molecular weight is 422 g/mol. The van der Waals surface area contributed by atoms with E-state index in [-0.39, 0.29) is 5.92 Å². The molecule has 32 heavy (non-hydrogen) atoms. The summed E-state index contributed by atoms with van der Waals surface area (Å²) in [7, 11) is 0. The van der Waals surface area contributed by atoms with Crippen molar-refractivity contribution >= 4 is 16.9 Å². The summed E-state index contributed by atoms with van der Waals surface area (Å²) in [5.74, 6) is -0.448. The Kier molecular flexibility index (Phi) is 5.21. The van der Waals surface area contributed by atoms with Crippen LogP contribution in [0.3, 0.4) is 0 Å². The largest absolute Gasteiger partial charge is 0.479 e. The quantitative estimate of drug-likeness (QED) is 0.366. The van der Waals surface area contributed by atoms with Crippen molar-refractivity contribution in [2.75, 3.05) is 0 Å². The van der Waals surface area contributed by atoms with Gasteiger partial charge in [0.1, 0.15) is 11.3 Å². The molecule has 5 rings (SSSR count). The molecule has 0 saturated heterocycles. The van der Waals surface area contributed by atoms with Gasteiger partial charge in [-0.1, -0.05) is 91.0 Å². The van der Waals surface area contributed by atoms with E-state index in [0.717, 1.165) is 16.5 Å². The summed E-state index contributed by atoms with van der Waals surface area (Å²) in [5.41, 5.74) is 1.30. The van der Waals surface area contributed by atoms with Crippen molar-refractivity contribution in [2.24, 2.45) is 0 Å². The molecule has 4 aromatic rings. The molecule has 4 nitrogen and oxygen atoms in total. The van der Waals surface area contributed by atoms with Crippen molar-refractivity contribution in [1.29, 1.82) is 0 Å². The first-order valence-corrected chi connectivity index (χ1v) is 10.5. The number of carbonyl (C=O) groups is 1. The highest BCUT2D eigenvalue weighted by molar-refractivity contribution is 5.78. The van der Waals surface area contributed by atoms with E-state index >= 15 is 0 Å². The number of aliphatic carboxylic acids is 1. The zero-order chi connectivity index (χ0) is 22.0. The van der Waals surface area contributed by atoms with Crippen molar-refractivity contribution in [3.05, 3.63) is 132 Å². The van der Waals surface area contributed by atoms with Crippen LogP contribution < -0.4 is 0 Å². The topological polar surface area (TPSA) is 59.7 Å². The predicted molar refractivity (Wildman–Crippen MR) is 123 cm³/mol. The van der Waals surface area contributed by atoms with Crippen LogP contribution in [-0.4, -0.2) is 11.1 Å². The molecule has 0 fully saturated rings. The lowest BCUT2D eigenvalue weighted by Crippen LogP contribution is -2.31. The number of hydrogen-bond acceptors (Lipinski definition) is 3. The van der Waals surface area contributed by atoms with Gasteiger partial charge in [-0.25, -0.2) is 4.79 Å². The molecule has 4 heteroatoms. The summed E-state index contributed by atoms with van der Waals surface area (Å²) in [6.07, 6.45) is 6.72. The molecule has 0 saturated carbocycles. The molecule has 0 spiro atoms. The van der Waals surface area contributed by atoms with Crippen LogP contribution in [-0.2, 0) is 15.1 Å². The van der Waals surface area contributed by atoms with Gasteiger partial charge in [0.05, 0.1) is 0 Å². The fraction of sp³-hybridized carbons (Fsp3) is 0.107. The smallest absolute Gasteiger partial charge is 0.337 e. The molecule has 3 aromatic carbocycles. The van der Waals surface area contributed by atoms with Crippen molar-refractivity contribution in [1.82, 2.24) is 0 Å². The summed E-state index contributed by atoms with van der Waals surface area (Å²) in [6.45, 7) is 0. The van der Waals surface area contributed by atoms with Gasteiger partial charge < -0.3 is 14.3 Å². The van der Waals surface area contributed by atoms with Crippen LogP contribution in [0.15, 0.2) is 120 Å². The molecule has 1 aliphatic rings. The number of fused-ring (bicyclic) bond motifs is 1. The van der Waals surface area contributed by atoms with Crippen molar-refractivity contribution in [3.8, 4) is 0 Å². The number of furan rings is 1. The van der Waals surface area contributed by atoms with Gasteiger partial charge in [0.25, 0.3) is 0 Å². The van der Waals surface area contributed by atoms with Gasteiger partial charge in [-0.05, 0) is 35.4 Å². The van der Waals surface area contributed by atoms with Crippen molar-refractivity contribution in [3.63, 3.8) is 0 Å². The number of allylic oxidation sites excluding steroid dienone is 2. The average Bonchev–Trinajstić information content (AvgIpc) is 3.29. The van der Waals surface area contributed by atoms with Crippen molar-refractivity contribution in [2.45, 2.75) is 17.6 Å². The van der Waals surface area contributed by atoms with E-state index < -0.39 is 17.7 Å². The molecule has 1 aromatic heterocycles. The maximum atomic E-state index is 12.2. The Balaban J connectivity index is 1.58. The Labute approximate surface area is 186 Å². The third-order valence-corrected chi connectivity index (χ3v) is 5.74. The van der Waals surface area contributed by atoms with Crippen LogP contribution in [0.25, 0.3) is 11.0 Å². The molecule has 1 aliphatic carbocycles. The molecule has 1 unspecified atom stereocenters. The fourth-order valence-corrected chi connectivity index (χ4v) is 4.07. The minimum absolute atomic E-state index is 0.0670. The van der Waals surface area contributed by atoms with Crippen LogP contribution in [0.1, 0.15) is 28.9 Å². The zero-order valence-electron chi connectivity index (χ0n) is 17.3.